The minimum atomic E-state index is 0.977. The van der Waals surface area contributed by atoms with E-state index in [9.17, 15) is 0 Å². The van der Waals surface area contributed by atoms with Gasteiger partial charge in [0.2, 0.25) is 0 Å². The summed E-state index contributed by atoms with van der Waals surface area (Å²) in [7, 11) is 0. The first kappa shape index (κ1) is 10.5. The number of hydrogen-bond donors (Lipinski definition) is 0. The molecule has 0 saturated heterocycles. The molecule has 2 aliphatic carbocycles. The number of hydrogen-bond acceptors (Lipinski definition) is 0. The molecule has 2 aliphatic rings. The van der Waals surface area contributed by atoms with Crippen LogP contribution in [0.5, 0.6) is 0 Å². The fourth-order valence-corrected chi connectivity index (χ4v) is 3.52. The molecule has 2 rings (SSSR count). The average Bonchev–Trinajstić information content (AvgIpc) is 2.17. The maximum atomic E-state index is 2.52. The van der Waals surface area contributed by atoms with E-state index in [1.165, 1.54) is 38.5 Å². The lowest BCUT2D eigenvalue weighted by molar-refractivity contribution is 0.114. The van der Waals surface area contributed by atoms with Gasteiger partial charge in [-0.3, -0.25) is 0 Å². The maximum absolute atomic E-state index is 2.52. The summed E-state index contributed by atoms with van der Waals surface area (Å²) in [6.45, 7) is 7.47. The van der Waals surface area contributed by atoms with Crippen LogP contribution in [0.3, 0.4) is 0 Å². The molecule has 0 N–H and O–H groups in total. The molecule has 0 aliphatic heterocycles. The van der Waals surface area contributed by atoms with Crippen molar-refractivity contribution in [2.75, 3.05) is 0 Å². The zero-order valence-electron chi connectivity index (χ0n) is 10.1. The summed E-state index contributed by atoms with van der Waals surface area (Å²) < 4.78 is 0. The molecule has 0 aromatic heterocycles. The van der Waals surface area contributed by atoms with Gasteiger partial charge < -0.3 is 0 Å². The van der Waals surface area contributed by atoms with Crippen LogP contribution in [0, 0.1) is 29.6 Å². The van der Waals surface area contributed by atoms with E-state index in [0.29, 0.717) is 0 Å². The molecule has 0 nitrogen and oxygen atoms in total. The van der Waals surface area contributed by atoms with Gasteiger partial charge in [0, 0.05) is 0 Å². The highest BCUT2D eigenvalue weighted by molar-refractivity contribution is 4.86. The van der Waals surface area contributed by atoms with Crippen LogP contribution in [0.4, 0.5) is 0 Å². The highest BCUT2D eigenvalue weighted by Crippen LogP contribution is 2.45. The van der Waals surface area contributed by atoms with E-state index in [1.807, 2.05) is 0 Å². The fourth-order valence-electron chi connectivity index (χ4n) is 3.52. The first-order valence-electron chi connectivity index (χ1n) is 6.68. The smallest absolute Gasteiger partial charge is 0.0355 e. The van der Waals surface area contributed by atoms with Crippen molar-refractivity contribution < 1.29 is 0 Å². The fraction of sp³-hybridized carbons (Fsp3) is 1.00. The Morgan fingerprint density at radius 1 is 0.857 bits per heavy atom. The summed E-state index contributed by atoms with van der Waals surface area (Å²) in [5, 5.41) is 0. The van der Waals surface area contributed by atoms with Gasteiger partial charge >= 0.3 is 0 Å². The van der Waals surface area contributed by atoms with Crippen LogP contribution in [-0.4, -0.2) is 0 Å². The first-order chi connectivity index (χ1) is 6.68. The van der Waals surface area contributed by atoms with Gasteiger partial charge in [0.1, 0.15) is 0 Å². The van der Waals surface area contributed by atoms with Crippen molar-refractivity contribution in [3.05, 3.63) is 0 Å². The van der Waals surface area contributed by atoms with Gasteiger partial charge in [0.15, 0.2) is 0 Å². The zero-order valence-corrected chi connectivity index (χ0v) is 10.1. The van der Waals surface area contributed by atoms with E-state index >= 15 is 0 Å². The predicted molar refractivity (Wildman–Crippen MR) is 62.2 cm³/mol. The minimum absolute atomic E-state index is 0.977. The van der Waals surface area contributed by atoms with Gasteiger partial charge in [-0.25, -0.2) is 0 Å². The van der Waals surface area contributed by atoms with E-state index in [4.69, 9.17) is 0 Å². The minimum Gasteiger partial charge on any atom is -0.0625 e. The summed E-state index contributed by atoms with van der Waals surface area (Å²) in [6.07, 6.45) is 9.07. The maximum Gasteiger partial charge on any atom is -0.0355 e. The molecule has 0 bridgehead atoms. The monoisotopic (exact) mass is 194 g/mol. The van der Waals surface area contributed by atoms with Crippen molar-refractivity contribution in [2.45, 2.75) is 59.3 Å². The third-order valence-corrected chi connectivity index (χ3v) is 5.12. The van der Waals surface area contributed by atoms with E-state index in [2.05, 4.69) is 20.8 Å². The Morgan fingerprint density at radius 3 is 2.14 bits per heavy atom. The van der Waals surface area contributed by atoms with Gasteiger partial charge in [-0.15, -0.1) is 0 Å². The van der Waals surface area contributed by atoms with Crippen molar-refractivity contribution in [1.82, 2.24) is 0 Å². The SMILES string of the molecule is CC1CCC(C)C(C)C(C2CCC2)C1. The van der Waals surface area contributed by atoms with Gasteiger partial charge in [-0.2, -0.15) is 0 Å². The lowest BCUT2D eigenvalue weighted by Crippen LogP contribution is -2.29. The summed E-state index contributed by atoms with van der Waals surface area (Å²) in [6, 6.07) is 0. The molecule has 0 amide bonds. The normalized spacial score (nSPS) is 45.6. The topological polar surface area (TPSA) is 0 Å². The Hall–Kier alpha value is 0. The van der Waals surface area contributed by atoms with E-state index in [1.54, 1.807) is 0 Å². The summed E-state index contributed by atoms with van der Waals surface area (Å²) in [5.74, 6) is 5.13. The lowest BCUT2D eigenvalue weighted by atomic mass is 9.67. The standard InChI is InChI=1S/C14H26/c1-10-7-8-11(2)12(3)14(9-10)13-5-4-6-13/h10-14H,4-9H2,1-3H3. The van der Waals surface area contributed by atoms with Crippen molar-refractivity contribution in [3.63, 3.8) is 0 Å². The van der Waals surface area contributed by atoms with Gasteiger partial charge in [-0.1, -0.05) is 52.9 Å². The molecule has 2 fully saturated rings. The van der Waals surface area contributed by atoms with Crippen LogP contribution >= 0.6 is 0 Å². The van der Waals surface area contributed by atoms with E-state index < -0.39 is 0 Å². The van der Waals surface area contributed by atoms with Crippen LogP contribution in [0.1, 0.15) is 59.3 Å². The molecule has 0 spiro atoms. The Balaban J connectivity index is 2.02. The molecule has 2 saturated carbocycles. The molecule has 14 heavy (non-hydrogen) atoms. The second kappa shape index (κ2) is 4.24. The Bertz CT molecular complexity index is 180. The first-order valence-corrected chi connectivity index (χ1v) is 6.68. The highest BCUT2D eigenvalue weighted by Gasteiger charge is 2.35. The molecule has 0 aromatic carbocycles. The van der Waals surface area contributed by atoms with Crippen LogP contribution in [-0.2, 0) is 0 Å². The summed E-state index contributed by atoms with van der Waals surface area (Å²) in [5.41, 5.74) is 0. The van der Waals surface area contributed by atoms with Crippen LogP contribution in [0.25, 0.3) is 0 Å². The van der Waals surface area contributed by atoms with Gasteiger partial charge in [-0.05, 0) is 36.0 Å². The van der Waals surface area contributed by atoms with Crippen molar-refractivity contribution in [3.8, 4) is 0 Å². The van der Waals surface area contributed by atoms with Crippen LogP contribution < -0.4 is 0 Å². The molecular weight excluding hydrogens is 168 g/mol. The van der Waals surface area contributed by atoms with E-state index in [0.717, 1.165) is 29.6 Å². The molecule has 0 radical (unpaired) electrons. The molecule has 0 heteroatoms. The van der Waals surface area contributed by atoms with Gasteiger partial charge in [0.25, 0.3) is 0 Å². The Kier molecular flexibility index (Phi) is 3.19. The Labute approximate surface area is 89.5 Å². The predicted octanol–water partition coefficient (Wildman–Crippen LogP) is 4.49. The number of rotatable bonds is 1. The van der Waals surface area contributed by atoms with Crippen LogP contribution in [0.2, 0.25) is 0 Å². The molecule has 4 unspecified atom stereocenters. The molecule has 0 heterocycles. The van der Waals surface area contributed by atoms with Crippen LogP contribution in [0.15, 0.2) is 0 Å². The van der Waals surface area contributed by atoms with Crippen molar-refractivity contribution >= 4 is 0 Å². The molecular formula is C14H26. The lowest BCUT2D eigenvalue weighted by Gasteiger charge is -2.39. The third kappa shape index (κ3) is 1.99. The second-order valence-corrected chi connectivity index (χ2v) is 6.11. The van der Waals surface area contributed by atoms with E-state index in [-0.39, 0.29) is 0 Å². The highest BCUT2D eigenvalue weighted by atomic mass is 14.4. The largest absolute Gasteiger partial charge is 0.0625 e. The van der Waals surface area contributed by atoms with Gasteiger partial charge in [0.05, 0.1) is 0 Å². The average molecular weight is 194 g/mol. The zero-order chi connectivity index (χ0) is 10.1. The third-order valence-electron chi connectivity index (χ3n) is 5.12. The van der Waals surface area contributed by atoms with Crippen molar-refractivity contribution in [1.29, 1.82) is 0 Å². The summed E-state index contributed by atoms with van der Waals surface area (Å²) >= 11 is 0. The molecule has 0 aromatic rings. The second-order valence-electron chi connectivity index (χ2n) is 6.11. The summed E-state index contributed by atoms with van der Waals surface area (Å²) in [4.78, 5) is 0. The molecule has 82 valence electrons. The molecule has 4 atom stereocenters. The Morgan fingerprint density at radius 2 is 1.57 bits per heavy atom. The van der Waals surface area contributed by atoms with Crippen molar-refractivity contribution in [2.24, 2.45) is 29.6 Å². The quantitative estimate of drug-likeness (QED) is 0.539.